The van der Waals surface area contributed by atoms with Crippen molar-refractivity contribution in [1.29, 1.82) is 0 Å². The Hall–Kier alpha value is -1.73. The summed E-state index contributed by atoms with van der Waals surface area (Å²) in [5.41, 5.74) is 6.36. The second-order valence-electron chi connectivity index (χ2n) is 3.53. The van der Waals surface area contributed by atoms with E-state index in [9.17, 15) is 4.79 Å². The molecule has 2 atom stereocenters. The molecule has 1 rings (SSSR count). The maximum Gasteiger partial charge on any atom is 0.320 e. The van der Waals surface area contributed by atoms with E-state index in [2.05, 4.69) is 12.0 Å². The highest BCUT2D eigenvalue weighted by Gasteiger charge is 2.15. The normalized spacial score (nSPS) is 20.4. The minimum atomic E-state index is -0.982. The van der Waals surface area contributed by atoms with Gasteiger partial charge in [-0.3, -0.25) is 4.79 Å². The number of hydrogen-bond donors (Lipinski definition) is 2. The molecule has 1 aliphatic carbocycles. The summed E-state index contributed by atoms with van der Waals surface area (Å²) >= 11 is 0. The van der Waals surface area contributed by atoms with Gasteiger partial charge >= 0.3 is 5.97 Å². The van der Waals surface area contributed by atoms with Crippen molar-refractivity contribution in [3.05, 3.63) is 23.8 Å². The molecule has 0 saturated carbocycles. The average molecular weight is 221 g/mol. The number of allylic oxidation sites excluding steroid dienone is 1. The lowest BCUT2D eigenvalue weighted by Crippen LogP contribution is -2.30. The van der Waals surface area contributed by atoms with Crippen molar-refractivity contribution in [1.82, 2.24) is 0 Å². The van der Waals surface area contributed by atoms with E-state index in [0.29, 0.717) is 12.8 Å². The lowest BCUT2D eigenvalue weighted by Gasteiger charge is -2.15. The van der Waals surface area contributed by atoms with Crippen LogP contribution >= 0.6 is 0 Å². The van der Waals surface area contributed by atoms with Gasteiger partial charge in [-0.15, -0.1) is 0 Å². The zero-order valence-electron chi connectivity index (χ0n) is 9.14. The monoisotopic (exact) mass is 221 g/mol. The van der Waals surface area contributed by atoms with Gasteiger partial charge in [-0.2, -0.15) is 0 Å². The molecule has 0 saturated heterocycles. The van der Waals surface area contributed by atoms with Crippen LogP contribution in [0.2, 0.25) is 0 Å². The van der Waals surface area contributed by atoms with E-state index in [1.165, 1.54) is 0 Å². The minimum absolute atomic E-state index is 0.0442. The number of nitrogens with two attached hydrogens (primary N) is 1. The molecule has 0 spiro atoms. The zero-order chi connectivity index (χ0) is 12.0. The number of carboxylic acid groups (broad SMARTS) is 1. The quantitative estimate of drug-likeness (QED) is 0.696. The Morgan fingerprint density at radius 3 is 3.06 bits per heavy atom. The first-order valence-corrected chi connectivity index (χ1v) is 5.06. The molecule has 1 unspecified atom stereocenters. The van der Waals surface area contributed by atoms with Gasteiger partial charge in [0.05, 0.1) is 0 Å². The van der Waals surface area contributed by atoms with Crippen LogP contribution in [0.5, 0.6) is 0 Å². The number of carbonyl (C=O) groups is 1. The van der Waals surface area contributed by atoms with Crippen LogP contribution in [0, 0.1) is 12.0 Å². The van der Waals surface area contributed by atoms with Gasteiger partial charge in [0.25, 0.3) is 0 Å². The molecular weight excluding hydrogens is 206 g/mol. The van der Waals surface area contributed by atoms with Crippen molar-refractivity contribution in [3.8, 4) is 12.0 Å². The molecular formula is C12H15NO3. The predicted octanol–water partition coefficient (Wildman–Crippen LogP) is 1.04. The summed E-state index contributed by atoms with van der Waals surface area (Å²) in [4.78, 5) is 10.6. The van der Waals surface area contributed by atoms with Crippen LogP contribution in [0.4, 0.5) is 0 Å². The van der Waals surface area contributed by atoms with E-state index in [1.54, 1.807) is 6.92 Å². The SMILES string of the molecule is CC#COC1C=CC(C[C@H](N)C(=O)O)=CC1. The Labute approximate surface area is 94.8 Å². The first-order valence-electron chi connectivity index (χ1n) is 5.06. The fourth-order valence-corrected chi connectivity index (χ4v) is 1.36. The van der Waals surface area contributed by atoms with E-state index in [4.69, 9.17) is 15.6 Å². The summed E-state index contributed by atoms with van der Waals surface area (Å²) in [6.07, 6.45) is 9.19. The molecule has 4 heteroatoms. The average Bonchev–Trinajstić information content (AvgIpc) is 2.28. The zero-order valence-corrected chi connectivity index (χ0v) is 9.14. The fraction of sp³-hybridized carbons (Fsp3) is 0.417. The van der Waals surface area contributed by atoms with Gasteiger partial charge in [0.15, 0.2) is 0 Å². The third-order valence-corrected chi connectivity index (χ3v) is 2.22. The molecule has 0 amide bonds. The maximum absolute atomic E-state index is 10.6. The van der Waals surface area contributed by atoms with Gasteiger partial charge in [0.1, 0.15) is 18.3 Å². The first-order chi connectivity index (χ1) is 7.63. The van der Waals surface area contributed by atoms with Gasteiger partial charge in [-0.1, -0.05) is 18.1 Å². The number of rotatable bonds is 4. The van der Waals surface area contributed by atoms with Crippen molar-refractivity contribution < 1.29 is 14.6 Å². The van der Waals surface area contributed by atoms with Crippen LogP contribution < -0.4 is 5.73 Å². The third-order valence-electron chi connectivity index (χ3n) is 2.22. The lowest BCUT2D eigenvalue weighted by atomic mass is 9.99. The molecule has 0 aromatic carbocycles. The Bertz CT molecular complexity index is 373. The molecule has 16 heavy (non-hydrogen) atoms. The van der Waals surface area contributed by atoms with Crippen molar-refractivity contribution >= 4 is 5.97 Å². The molecule has 86 valence electrons. The van der Waals surface area contributed by atoms with E-state index >= 15 is 0 Å². The van der Waals surface area contributed by atoms with Crippen LogP contribution in [0.3, 0.4) is 0 Å². The molecule has 1 aliphatic rings. The van der Waals surface area contributed by atoms with Gasteiger partial charge in [-0.05, 0) is 18.1 Å². The number of aliphatic carboxylic acids is 1. The molecule has 0 heterocycles. The van der Waals surface area contributed by atoms with Crippen LogP contribution in [0.1, 0.15) is 19.8 Å². The first kappa shape index (κ1) is 12.3. The van der Waals surface area contributed by atoms with E-state index in [1.807, 2.05) is 18.2 Å². The van der Waals surface area contributed by atoms with Crippen LogP contribution in [0.15, 0.2) is 23.8 Å². The van der Waals surface area contributed by atoms with Crippen molar-refractivity contribution in [2.45, 2.75) is 31.9 Å². The number of carboxylic acids is 1. The Morgan fingerprint density at radius 2 is 2.56 bits per heavy atom. The van der Waals surface area contributed by atoms with Crippen molar-refractivity contribution in [3.63, 3.8) is 0 Å². The minimum Gasteiger partial charge on any atom is -0.480 e. The predicted molar refractivity (Wildman–Crippen MR) is 60.4 cm³/mol. The van der Waals surface area contributed by atoms with E-state index < -0.39 is 12.0 Å². The second-order valence-corrected chi connectivity index (χ2v) is 3.53. The Kier molecular flexibility index (Phi) is 4.62. The van der Waals surface area contributed by atoms with Gasteiger partial charge < -0.3 is 15.6 Å². The summed E-state index contributed by atoms with van der Waals surface area (Å²) in [6.45, 7) is 1.71. The fourth-order valence-electron chi connectivity index (χ4n) is 1.36. The summed E-state index contributed by atoms with van der Waals surface area (Å²) in [5, 5.41) is 8.66. The van der Waals surface area contributed by atoms with Crippen LogP contribution in [0.25, 0.3) is 0 Å². The molecule has 0 bridgehead atoms. The van der Waals surface area contributed by atoms with Gasteiger partial charge in [-0.25, -0.2) is 0 Å². The number of ether oxygens (including phenoxy) is 1. The molecule has 0 aromatic rings. The highest BCUT2D eigenvalue weighted by atomic mass is 16.5. The molecule has 0 aliphatic heterocycles. The highest BCUT2D eigenvalue weighted by molar-refractivity contribution is 5.73. The molecule has 0 fully saturated rings. The van der Waals surface area contributed by atoms with Crippen LogP contribution in [-0.2, 0) is 9.53 Å². The second kappa shape index (κ2) is 5.99. The van der Waals surface area contributed by atoms with Crippen LogP contribution in [-0.4, -0.2) is 23.2 Å². The summed E-state index contributed by atoms with van der Waals surface area (Å²) < 4.78 is 5.19. The molecule has 4 nitrogen and oxygen atoms in total. The van der Waals surface area contributed by atoms with Crippen molar-refractivity contribution in [2.75, 3.05) is 0 Å². The van der Waals surface area contributed by atoms with Gasteiger partial charge in [0.2, 0.25) is 0 Å². The molecule has 3 N–H and O–H groups in total. The van der Waals surface area contributed by atoms with E-state index in [-0.39, 0.29) is 6.10 Å². The summed E-state index contributed by atoms with van der Waals surface area (Å²) in [7, 11) is 0. The third kappa shape index (κ3) is 3.79. The highest BCUT2D eigenvalue weighted by Crippen LogP contribution is 2.16. The Balaban J connectivity index is 2.44. The lowest BCUT2D eigenvalue weighted by molar-refractivity contribution is -0.138. The largest absolute Gasteiger partial charge is 0.480 e. The maximum atomic E-state index is 10.6. The van der Waals surface area contributed by atoms with Gasteiger partial charge in [0, 0.05) is 13.3 Å². The summed E-state index contributed by atoms with van der Waals surface area (Å²) in [5.74, 6) is 1.67. The van der Waals surface area contributed by atoms with Crippen molar-refractivity contribution in [2.24, 2.45) is 5.73 Å². The summed E-state index contributed by atoms with van der Waals surface area (Å²) in [6, 6.07) is -0.844. The van der Waals surface area contributed by atoms with E-state index in [0.717, 1.165) is 5.57 Å². The Morgan fingerprint density at radius 1 is 1.81 bits per heavy atom. The molecule has 0 aromatic heterocycles. The standard InChI is InChI=1S/C12H15NO3/c1-2-7-16-10-5-3-9(4-6-10)8-11(13)12(14)15/h3-5,10-11H,6,8,13H2,1H3,(H,14,15)/t10?,11-/m0/s1. The topological polar surface area (TPSA) is 72.5 Å². The number of hydrogen-bond acceptors (Lipinski definition) is 3. The smallest absolute Gasteiger partial charge is 0.320 e. The molecule has 0 radical (unpaired) electrons.